The van der Waals surface area contributed by atoms with E-state index in [0.717, 1.165) is 12.3 Å². The van der Waals surface area contributed by atoms with Crippen LogP contribution in [0.5, 0.6) is 5.75 Å². The van der Waals surface area contributed by atoms with Crippen LogP contribution in [0.1, 0.15) is 10.9 Å². The van der Waals surface area contributed by atoms with Gasteiger partial charge in [-0.1, -0.05) is 18.2 Å². The number of alkyl halides is 3. The van der Waals surface area contributed by atoms with Gasteiger partial charge in [0, 0.05) is 17.9 Å². The Morgan fingerprint density at radius 1 is 1.31 bits per heavy atom. The van der Waals surface area contributed by atoms with Gasteiger partial charge in [0.2, 0.25) is 0 Å². The van der Waals surface area contributed by atoms with Crippen molar-refractivity contribution < 1.29 is 17.9 Å². The van der Waals surface area contributed by atoms with Crippen LogP contribution in [0.3, 0.4) is 0 Å². The van der Waals surface area contributed by atoms with Crippen molar-refractivity contribution >= 4 is 11.8 Å². The van der Waals surface area contributed by atoms with Crippen LogP contribution in [0.4, 0.5) is 13.2 Å². The zero-order chi connectivity index (χ0) is 11.6. The Balaban J connectivity index is 2.23. The van der Waals surface area contributed by atoms with E-state index in [1.165, 1.54) is 12.1 Å². The molecule has 1 aromatic carbocycles. The molecule has 0 unspecified atom stereocenters. The number of hydrogen-bond donors (Lipinski definition) is 1. The van der Waals surface area contributed by atoms with Gasteiger partial charge in [0.1, 0.15) is 5.75 Å². The van der Waals surface area contributed by atoms with E-state index >= 15 is 0 Å². The minimum absolute atomic E-state index is 0.112. The molecule has 0 bridgehead atoms. The van der Waals surface area contributed by atoms with Crippen molar-refractivity contribution in [3.05, 3.63) is 29.8 Å². The average molecular weight is 249 g/mol. The Kier molecular flexibility index (Phi) is 3.30. The topological polar surface area (TPSA) is 21.3 Å². The van der Waals surface area contributed by atoms with Gasteiger partial charge in [0.25, 0.3) is 0 Å². The van der Waals surface area contributed by atoms with Crippen molar-refractivity contribution in [1.29, 1.82) is 0 Å². The fourth-order valence-electron chi connectivity index (χ4n) is 1.54. The number of thioether (sulfide) groups is 1. The van der Waals surface area contributed by atoms with Gasteiger partial charge < -0.3 is 10.1 Å². The molecule has 2 rings (SSSR count). The molecule has 16 heavy (non-hydrogen) atoms. The first kappa shape index (κ1) is 11.6. The Bertz CT molecular complexity index is 363. The number of benzene rings is 1. The molecule has 88 valence electrons. The van der Waals surface area contributed by atoms with Crippen LogP contribution < -0.4 is 10.1 Å². The maximum Gasteiger partial charge on any atom is 0.573 e. The normalized spacial score (nSPS) is 21.1. The van der Waals surface area contributed by atoms with Gasteiger partial charge in [-0.25, -0.2) is 0 Å². The highest BCUT2D eigenvalue weighted by Crippen LogP contribution is 2.37. The SMILES string of the molecule is FC(F)(F)Oc1ccccc1[C@H]1NCCS1. The summed E-state index contributed by atoms with van der Waals surface area (Å²) in [6.45, 7) is 0.801. The molecule has 1 saturated heterocycles. The summed E-state index contributed by atoms with van der Waals surface area (Å²) in [7, 11) is 0. The lowest BCUT2D eigenvalue weighted by Crippen LogP contribution is -2.20. The molecule has 2 nitrogen and oxygen atoms in total. The molecule has 1 heterocycles. The van der Waals surface area contributed by atoms with Gasteiger partial charge in [0.05, 0.1) is 5.37 Å². The maximum absolute atomic E-state index is 12.2. The summed E-state index contributed by atoms with van der Waals surface area (Å²) >= 11 is 1.58. The van der Waals surface area contributed by atoms with Crippen LogP contribution in [-0.4, -0.2) is 18.7 Å². The molecule has 1 aliphatic heterocycles. The quantitative estimate of drug-likeness (QED) is 0.870. The third-order valence-corrected chi connectivity index (χ3v) is 3.34. The van der Waals surface area contributed by atoms with Gasteiger partial charge >= 0.3 is 6.36 Å². The summed E-state index contributed by atoms with van der Waals surface area (Å²) in [5.41, 5.74) is 0.544. The Hall–Kier alpha value is -0.880. The van der Waals surface area contributed by atoms with Gasteiger partial charge in [-0.15, -0.1) is 24.9 Å². The zero-order valence-electron chi connectivity index (χ0n) is 8.25. The van der Waals surface area contributed by atoms with Crippen molar-refractivity contribution in [2.24, 2.45) is 0 Å². The van der Waals surface area contributed by atoms with E-state index in [2.05, 4.69) is 10.1 Å². The van der Waals surface area contributed by atoms with E-state index in [4.69, 9.17) is 0 Å². The Morgan fingerprint density at radius 2 is 2.06 bits per heavy atom. The summed E-state index contributed by atoms with van der Waals surface area (Å²) < 4.78 is 40.5. The number of hydrogen-bond acceptors (Lipinski definition) is 3. The summed E-state index contributed by atoms with van der Waals surface area (Å²) in [6.07, 6.45) is -4.64. The smallest absolute Gasteiger partial charge is 0.405 e. The lowest BCUT2D eigenvalue weighted by Gasteiger charge is -2.16. The van der Waals surface area contributed by atoms with Crippen molar-refractivity contribution in [2.45, 2.75) is 11.7 Å². The Morgan fingerprint density at radius 3 is 2.69 bits per heavy atom. The van der Waals surface area contributed by atoms with E-state index in [1.807, 2.05) is 0 Å². The van der Waals surface area contributed by atoms with Gasteiger partial charge in [0.15, 0.2) is 0 Å². The number of para-hydroxylation sites is 1. The monoisotopic (exact) mass is 249 g/mol. The predicted molar refractivity (Wildman–Crippen MR) is 56.3 cm³/mol. The molecule has 1 N–H and O–H groups in total. The minimum Gasteiger partial charge on any atom is -0.405 e. The lowest BCUT2D eigenvalue weighted by atomic mass is 10.2. The summed E-state index contributed by atoms with van der Waals surface area (Å²) in [5.74, 6) is 0.771. The number of nitrogens with one attached hydrogen (secondary N) is 1. The van der Waals surface area contributed by atoms with E-state index in [0.29, 0.717) is 5.56 Å². The van der Waals surface area contributed by atoms with Crippen LogP contribution >= 0.6 is 11.8 Å². The van der Waals surface area contributed by atoms with E-state index in [9.17, 15) is 13.2 Å². The van der Waals surface area contributed by atoms with Crippen LogP contribution in [0.2, 0.25) is 0 Å². The highest BCUT2D eigenvalue weighted by atomic mass is 32.2. The number of rotatable bonds is 2. The molecule has 1 fully saturated rings. The maximum atomic E-state index is 12.2. The largest absolute Gasteiger partial charge is 0.573 e. The van der Waals surface area contributed by atoms with Crippen molar-refractivity contribution in [3.8, 4) is 5.75 Å². The zero-order valence-corrected chi connectivity index (χ0v) is 9.07. The summed E-state index contributed by atoms with van der Waals surface area (Å²) in [4.78, 5) is 0. The minimum atomic E-state index is -4.64. The van der Waals surface area contributed by atoms with E-state index in [1.54, 1.807) is 23.9 Å². The fraction of sp³-hybridized carbons (Fsp3) is 0.400. The molecule has 1 aliphatic rings. The molecular weight excluding hydrogens is 239 g/mol. The second-order valence-corrected chi connectivity index (χ2v) is 4.50. The molecule has 0 aliphatic carbocycles. The molecule has 1 aromatic rings. The molecule has 0 radical (unpaired) electrons. The van der Waals surface area contributed by atoms with E-state index in [-0.39, 0.29) is 11.1 Å². The molecule has 0 saturated carbocycles. The standard InChI is InChI=1S/C10H10F3NOS/c11-10(12,13)15-8-4-2-1-3-7(8)9-14-5-6-16-9/h1-4,9,14H,5-6H2/t9-/m0/s1. The molecule has 6 heteroatoms. The first-order chi connectivity index (χ1) is 7.56. The molecule has 0 spiro atoms. The lowest BCUT2D eigenvalue weighted by molar-refractivity contribution is -0.274. The first-order valence-electron chi connectivity index (χ1n) is 4.76. The highest BCUT2D eigenvalue weighted by molar-refractivity contribution is 7.99. The van der Waals surface area contributed by atoms with Crippen LogP contribution in [0.25, 0.3) is 0 Å². The highest BCUT2D eigenvalue weighted by Gasteiger charge is 2.33. The third-order valence-electron chi connectivity index (χ3n) is 2.14. The van der Waals surface area contributed by atoms with Crippen LogP contribution in [0, 0.1) is 0 Å². The van der Waals surface area contributed by atoms with Gasteiger partial charge in [-0.3, -0.25) is 0 Å². The molecule has 0 amide bonds. The molecule has 1 atom stereocenters. The second-order valence-electron chi connectivity index (χ2n) is 3.29. The fourth-order valence-corrected chi connectivity index (χ4v) is 2.62. The van der Waals surface area contributed by atoms with Crippen molar-refractivity contribution in [1.82, 2.24) is 5.32 Å². The van der Waals surface area contributed by atoms with Crippen LogP contribution in [-0.2, 0) is 0 Å². The van der Waals surface area contributed by atoms with Crippen molar-refractivity contribution in [3.63, 3.8) is 0 Å². The van der Waals surface area contributed by atoms with Crippen molar-refractivity contribution in [2.75, 3.05) is 12.3 Å². The summed E-state index contributed by atoms with van der Waals surface area (Å²) in [5, 5.41) is 3.00. The van der Waals surface area contributed by atoms with Gasteiger partial charge in [-0.2, -0.15) is 0 Å². The summed E-state index contributed by atoms with van der Waals surface area (Å²) in [6, 6.07) is 6.23. The van der Waals surface area contributed by atoms with E-state index < -0.39 is 6.36 Å². The molecule has 0 aromatic heterocycles. The number of ether oxygens (including phenoxy) is 1. The Labute approximate surface area is 95.2 Å². The second kappa shape index (κ2) is 4.55. The predicted octanol–water partition coefficient (Wildman–Crippen LogP) is 2.92. The molecular formula is C10H10F3NOS. The third kappa shape index (κ3) is 2.82. The number of halogens is 3. The van der Waals surface area contributed by atoms with Gasteiger partial charge in [-0.05, 0) is 6.07 Å². The van der Waals surface area contributed by atoms with Crippen LogP contribution in [0.15, 0.2) is 24.3 Å². The average Bonchev–Trinajstić information content (AvgIpc) is 2.69. The first-order valence-corrected chi connectivity index (χ1v) is 5.81.